The lowest BCUT2D eigenvalue weighted by molar-refractivity contribution is -0.384. The maximum Gasteiger partial charge on any atom is 0.269 e. The molecule has 58 heavy (non-hydrogen) atoms. The molecule has 294 valence electrons. The number of nitrogens with zero attached hydrogens (tertiary/aromatic N) is 6. The average Bonchev–Trinajstić information content (AvgIpc) is 3.77. The van der Waals surface area contributed by atoms with Gasteiger partial charge in [0.05, 0.1) is 16.3 Å². The van der Waals surface area contributed by atoms with Gasteiger partial charge in [-0.2, -0.15) is 10.2 Å². The first-order valence-electron chi connectivity index (χ1n) is 21.1. The van der Waals surface area contributed by atoms with Crippen molar-refractivity contribution in [2.24, 2.45) is 10.2 Å². The molecule has 8 heteroatoms. The maximum absolute atomic E-state index is 11.0. The van der Waals surface area contributed by atoms with E-state index in [2.05, 4.69) is 133 Å². The number of non-ortho nitro benzene ring substituents is 1. The van der Waals surface area contributed by atoms with Crippen LogP contribution in [0, 0.1) is 10.1 Å². The Labute approximate surface area is 340 Å². The Balaban J connectivity index is 0.814. The molecule has 8 nitrogen and oxygen atoms in total. The quantitative estimate of drug-likeness (QED) is 0.0335. The molecule has 0 fully saturated rings. The minimum atomic E-state index is -0.412. The van der Waals surface area contributed by atoms with Gasteiger partial charge in [0.2, 0.25) is 0 Å². The van der Waals surface area contributed by atoms with Gasteiger partial charge < -0.3 is 14.0 Å². The van der Waals surface area contributed by atoms with Gasteiger partial charge in [0.25, 0.3) is 5.69 Å². The minimum Gasteiger partial charge on any atom is -0.370 e. The number of aryl methyl sites for hydroxylation is 1. The number of unbranched alkanes of at least 4 members (excludes halogenated alkanes) is 9. The lowest BCUT2D eigenvalue weighted by Gasteiger charge is -2.26. The summed E-state index contributed by atoms with van der Waals surface area (Å²) in [6.07, 6.45) is 12.8. The number of fused-ring (bicyclic) bond motifs is 6. The maximum atomic E-state index is 11.0. The van der Waals surface area contributed by atoms with Crippen molar-refractivity contribution in [3.05, 3.63) is 156 Å². The van der Waals surface area contributed by atoms with Crippen molar-refractivity contribution in [1.82, 2.24) is 9.13 Å². The van der Waals surface area contributed by atoms with Crippen LogP contribution in [-0.2, 0) is 13.1 Å². The van der Waals surface area contributed by atoms with Crippen LogP contribution in [0.25, 0.3) is 43.6 Å². The van der Waals surface area contributed by atoms with Gasteiger partial charge >= 0.3 is 0 Å². The van der Waals surface area contributed by atoms with Gasteiger partial charge in [0, 0.05) is 87.6 Å². The van der Waals surface area contributed by atoms with E-state index in [1.54, 1.807) is 12.1 Å². The second-order valence-corrected chi connectivity index (χ2v) is 15.4. The number of benzene rings is 6. The molecular formula is C50H52N6O2. The molecule has 0 atom stereocenters. The van der Waals surface area contributed by atoms with Gasteiger partial charge in [-0.15, -0.1) is 0 Å². The van der Waals surface area contributed by atoms with E-state index in [1.807, 2.05) is 12.1 Å². The Hall–Kier alpha value is -6.28. The van der Waals surface area contributed by atoms with Crippen molar-refractivity contribution in [1.29, 1.82) is 0 Å². The predicted molar refractivity (Wildman–Crippen MR) is 241 cm³/mol. The third-order valence-electron chi connectivity index (χ3n) is 11.6. The van der Waals surface area contributed by atoms with Gasteiger partial charge in [0.1, 0.15) is 0 Å². The van der Waals surface area contributed by atoms with Gasteiger partial charge in [0.15, 0.2) is 0 Å². The zero-order valence-electron chi connectivity index (χ0n) is 33.3. The fourth-order valence-electron chi connectivity index (χ4n) is 8.55. The Kier molecular flexibility index (Phi) is 12.5. The van der Waals surface area contributed by atoms with Gasteiger partial charge in [-0.1, -0.05) is 124 Å². The van der Waals surface area contributed by atoms with Crippen molar-refractivity contribution in [3.8, 4) is 0 Å². The number of nitro benzene ring substituents is 1. The van der Waals surface area contributed by atoms with Crippen LogP contribution in [-0.4, -0.2) is 27.1 Å². The summed E-state index contributed by atoms with van der Waals surface area (Å²) in [5.74, 6) is 0. The van der Waals surface area contributed by atoms with Crippen molar-refractivity contribution in [2.45, 2.75) is 77.3 Å². The first kappa shape index (κ1) is 38.6. The zero-order chi connectivity index (χ0) is 39.5. The highest BCUT2D eigenvalue weighted by Gasteiger charge is 2.13. The van der Waals surface area contributed by atoms with Crippen molar-refractivity contribution >= 4 is 66.4 Å². The van der Waals surface area contributed by atoms with Crippen LogP contribution in [0.2, 0.25) is 0 Å². The Morgan fingerprint density at radius 1 is 0.431 bits per heavy atom. The molecule has 0 N–H and O–H groups in total. The van der Waals surface area contributed by atoms with Crippen LogP contribution < -0.4 is 4.90 Å². The predicted octanol–water partition coefficient (Wildman–Crippen LogP) is 14.3. The minimum absolute atomic E-state index is 0.0400. The highest BCUT2D eigenvalue weighted by atomic mass is 16.6. The number of anilines is 1. The van der Waals surface area contributed by atoms with Crippen LogP contribution in [0.1, 0.15) is 64.2 Å². The summed E-state index contributed by atoms with van der Waals surface area (Å²) >= 11 is 0. The molecule has 0 unspecified atom stereocenters. The Bertz CT molecular complexity index is 2520. The van der Waals surface area contributed by atoms with E-state index < -0.39 is 4.92 Å². The highest BCUT2D eigenvalue weighted by Crippen LogP contribution is 2.31. The number of aromatic nitrogens is 2. The molecular weight excluding hydrogens is 717 g/mol. The van der Waals surface area contributed by atoms with E-state index in [-0.39, 0.29) is 5.69 Å². The zero-order valence-corrected chi connectivity index (χ0v) is 33.3. The average molecular weight is 769 g/mol. The summed E-state index contributed by atoms with van der Waals surface area (Å²) in [4.78, 5) is 13.1. The third kappa shape index (κ3) is 8.97. The first-order valence-corrected chi connectivity index (χ1v) is 21.1. The Morgan fingerprint density at radius 3 is 1.26 bits per heavy atom. The van der Waals surface area contributed by atoms with Crippen LogP contribution in [0.4, 0.5) is 22.7 Å². The number of para-hydroxylation sites is 4. The number of rotatable bonds is 20. The van der Waals surface area contributed by atoms with E-state index in [9.17, 15) is 10.1 Å². The van der Waals surface area contributed by atoms with Crippen LogP contribution in [0.3, 0.4) is 0 Å². The topological polar surface area (TPSA) is 81.0 Å². The molecule has 0 radical (unpaired) electrons. The fraction of sp³-hybridized carbons (Fsp3) is 0.280. The second-order valence-electron chi connectivity index (χ2n) is 15.4. The SMILES string of the molecule is O=[N+]([O-])c1ccc(N=Nc2ccc(N(CCCCCCCCCCCCn3c4ccccc4c4ccccc43)CCn3c4ccccc4c4ccccc43)cc2)cc1. The standard InChI is InChI=1S/C50H52N6O2/c57-56(58)42-33-29-40(30-34-42)52-51-39-27-31-41(32-28-39)53(37-38-55-49-25-15-11-21-45(49)46-22-12-16-26-50(46)55)35-17-7-5-3-1-2-4-6-8-18-36-54-47-23-13-9-19-43(47)44-20-10-14-24-48(44)54/h9-16,19-34H,1-8,17-18,35-38H2. The number of azo groups is 1. The van der Waals surface area contributed by atoms with Crippen LogP contribution >= 0.6 is 0 Å². The number of hydrogen-bond acceptors (Lipinski definition) is 5. The molecule has 0 bridgehead atoms. The molecule has 2 aromatic heterocycles. The summed E-state index contributed by atoms with van der Waals surface area (Å²) in [7, 11) is 0. The molecule has 8 aromatic rings. The molecule has 2 heterocycles. The lowest BCUT2D eigenvalue weighted by atomic mass is 10.1. The van der Waals surface area contributed by atoms with Crippen LogP contribution in [0.5, 0.6) is 0 Å². The first-order chi connectivity index (χ1) is 28.6. The van der Waals surface area contributed by atoms with Crippen molar-refractivity contribution in [2.75, 3.05) is 18.0 Å². The lowest BCUT2D eigenvalue weighted by Crippen LogP contribution is -2.28. The monoisotopic (exact) mass is 768 g/mol. The summed E-state index contributed by atoms with van der Waals surface area (Å²) in [5, 5.41) is 25.0. The summed E-state index contributed by atoms with van der Waals surface area (Å²) in [5.41, 5.74) is 7.79. The molecule has 0 aliphatic carbocycles. The summed E-state index contributed by atoms with van der Waals surface area (Å²) in [6.45, 7) is 3.85. The second kappa shape index (κ2) is 18.8. The summed E-state index contributed by atoms with van der Waals surface area (Å²) < 4.78 is 4.99. The smallest absolute Gasteiger partial charge is 0.269 e. The van der Waals surface area contributed by atoms with Gasteiger partial charge in [-0.05, 0) is 73.5 Å². The normalized spacial score (nSPS) is 11.8. The van der Waals surface area contributed by atoms with Gasteiger partial charge in [-0.3, -0.25) is 10.1 Å². The van der Waals surface area contributed by atoms with E-state index in [0.29, 0.717) is 5.69 Å². The molecule has 0 spiro atoms. The van der Waals surface area contributed by atoms with Crippen LogP contribution in [0.15, 0.2) is 156 Å². The van der Waals surface area contributed by atoms with Crippen molar-refractivity contribution in [3.63, 3.8) is 0 Å². The molecule has 0 aliphatic rings. The van der Waals surface area contributed by atoms with E-state index in [1.165, 1.54) is 119 Å². The number of hydrogen-bond donors (Lipinski definition) is 0. The molecule has 0 saturated heterocycles. The van der Waals surface area contributed by atoms with E-state index >= 15 is 0 Å². The van der Waals surface area contributed by atoms with E-state index in [0.717, 1.165) is 38.3 Å². The van der Waals surface area contributed by atoms with Gasteiger partial charge in [-0.25, -0.2) is 0 Å². The molecule has 0 aliphatic heterocycles. The molecule has 8 rings (SSSR count). The molecule has 6 aromatic carbocycles. The fourth-order valence-corrected chi connectivity index (χ4v) is 8.55. The molecule has 0 saturated carbocycles. The highest BCUT2D eigenvalue weighted by molar-refractivity contribution is 6.08. The summed E-state index contributed by atoms with van der Waals surface area (Å²) in [6, 6.07) is 49.5. The van der Waals surface area contributed by atoms with E-state index in [4.69, 9.17) is 0 Å². The molecule has 0 amide bonds. The van der Waals surface area contributed by atoms with Crippen molar-refractivity contribution < 1.29 is 4.92 Å². The Morgan fingerprint density at radius 2 is 0.810 bits per heavy atom. The third-order valence-corrected chi connectivity index (χ3v) is 11.6. The number of nitro groups is 1. The largest absolute Gasteiger partial charge is 0.370 e.